The average molecular weight is 464 g/mol. The molecule has 0 fully saturated rings. The molecular weight excluding hydrogens is 442 g/mol. The number of thioether (sulfide) groups is 1. The van der Waals surface area contributed by atoms with E-state index in [1.807, 2.05) is 6.07 Å². The quantitative estimate of drug-likeness (QED) is 0.272. The predicted octanol–water partition coefficient (Wildman–Crippen LogP) is 1.73. The molecule has 0 saturated heterocycles. The second-order valence-electron chi connectivity index (χ2n) is 7.48. The van der Waals surface area contributed by atoms with Gasteiger partial charge < -0.3 is 5.73 Å². The van der Waals surface area contributed by atoms with Gasteiger partial charge in [-0.3, -0.25) is 28.1 Å². The van der Waals surface area contributed by atoms with Crippen molar-refractivity contribution in [1.82, 2.24) is 18.7 Å². The van der Waals surface area contributed by atoms with Crippen LogP contribution in [-0.2, 0) is 14.1 Å². The van der Waals surface area contributed by atoms with E-state index in [1.54, 1.807) is 55.5 Å². The lowest BCUT2D eigenvalue weighted by molar-refractivity contribution is 0.0992. The van der Waals surface area contributed by atoms with Gasteiger partial charge in [-0.25, -0.2) is 9.78 Å². The highest BCUT2D eigenvalue weighted by atomic mass is 32.2. The van der Waals surface area contributed by atoms with Crippen LogP contribution >= 0.6 is 11.8 Å². The van der Waals surface area contributed by atoms with E-state index in [4.69, 9.17) is 5.73 Å². The molecule has 10 heteroatoms. The second-order valence-corrected chi connectivity index (χ2v) is 8.79. The first-order valence-electron chi connectivity index (χ1n) is 10.1. The number of Topliss-reactive ketones (excluding diaryl/α,β-unsaturated/α-hetero) is 1. The number of nitrogens with two attached hydrogens (primary N) is 1. The highest BCUT2D eigenvalue weighted by molar-refractivity contribution is 8.00. The number of benzene rings is 2. The SMILES string of the molecule is CC(Sc1nc2ccccc2c(=O)n1-c1ccccc1)C(=O)c1c(N)n(C)c(=O)n(C)c1=O. The molecule has 1 atom stereocenters. The zero-order valence-electron chi connectivity index (χ0n) is 18.2. The molecule has 0 aliphatic heterocycles. The van der Waals surface area contributed by atoms with Crippen molar-refractivity contribution in [2.45, 2.75) is 17.3 Å². The van der Waals surface area contributed by atoms with Crippen LogP contribution in [0.1, 0.15) is 17.3 Å². The number of rotatable bonds is 5. The number of para-hydroxylation sites is 2. The standard InChI is InChI=1S/C23H21N5O4S/c1-13(18(29)17-19(24)26(2)23(32)27(3)21(17)31)33-22-25-16-12-8-7-11-15(16)20(30)28(22)14-9-5-4-6-10-14/h4-13H,24H2,1-3H3. The fourth-order valence-electron chi connectivity index (χ4n) is 3.50. The number of carbonyl (C=O) groups is 1. The van der Waals surface area contributed by atoms with Gasteiger partial charge in [0.1, 0.15) is 11.4 Å². The van der Waals surface area contributed by atoms with Crippen molar-refractivity contribution in [2.75, 3.05) is 5.73 Å². The maximum atomic E-state index is 13.3. The summed E-state index contributed by atoms with van der Waals surface area (Å²) in [6.45, 7) is 1.60. The third kappa shape index (κ3) is 3.78. The predicted molar refractivity (Wildman–Crippen MR) is 128 cm³/mol. The molecule has 0 radical (unpaired) electrons. The van der Waals surface area contributed by atoms with E-state index in [1.165, 1.54) is 18.7 Å². The van der Waals surface area contributed by atoms with Gasteiger partial charge in [0.05, 0.1) is 21.8 Å². The van der Waals surface area contributed by atoms with E-state index < -0.39 is 22.3 Å². The Morgan fingerprint density at radius 2 is 1.58 bits per heavy atom. The van der Waals surface area contributed by atoms with Gasteiger partial charge in [-0.15, -0.1) is 0 Å². The van der Waals surface area contributed by atoms with Crippen LogP contribution in [0.2, 0.25) is 0 Å². The maximum Gasteiger partial charge on any atom is 0.332 e. The minimum Gasteiger partial charge on any atom is -0.384 e. The smallest absolute Gasteiger partial charge is 0.332 e. The molecule has 0 aliphatic carbocycles. The third-order valence-corrected chi connectivity index (χ3v) is 6.42. The number of carbonyl (C=O) groups excluding carboxylic acids is 1. The van der Waals surface area contributed by atoms with Crippen LogP contribution < -0.4 is 22.5 Å². The Balaban J connectivity index is 1.85. The lowest BCUT2D eigenvalue weighted by Crippen LogP contribution is -2.42. The number of fused-ring (bicyclic) bond motifs is 1. The van der Waals surface area contributed by atoms with Crippen LogP contribution in [0.25, 0.3) is 16.6 Å². The fourth-order valence-corrected chi connectivity index (χ4v) is 4.49. The molecule has 33 heavy (non-hydrogen) atoms. The van der Waals surface area contributed by atoms with Crippen LogP contribution in [0.3, 0.4) is 0 Å². The van der Waals surface area contributed by atoms with Gasteiger partial charge in [0, 0.05) is 14.1 Å². The van der Waals surface area contributed by atoms with Crippen LogP contribution in [0, 0.1) is 0 Å². The molecule has 2 N–H and O–H groups in total. The van der Waals surface area contributed by atoms with Crippen LogP contribution in [0.15, 0.2) is 74.1 Å². The van der Waals surface area contributed by atoms with E-state index in [0.29, 0.717) is 21.7 Å². The van der Waals surface area contributed by atoms with Gasteiger partial charge in [0.25, 0.3) is 11.1 Å². The first kappa shape index (κ1) is 22.3. The summed E-state index contributed by atoms with van der Waals surface area (Å²) in [6, 6.07) is 15.9. The zero-order valence-corrected chi connectivity index (χ0v) is 19.0. The third-order valence-electron chi connectivity index (χ3n) is 5.37. The van der Waals surface area contributed by atoms with Crippen molar-refractivity contribution in [3.8, 4) is 5.69 Å². The maximum absolute atomic E-state index is 13.3. The highest BCUT2D eigenvalue weighted by Gasteiger charge is 2.27. The summed E-state index contributed by atoms with van der Waals surface area (Å²) in [4.78, 5) is 55.9. The molecule has 0 aliphatic rings. The summed E-state index contributed by atoms with van der Waals surface area (Å²) >= 11 is 1.04. The molecular formula is C23H21N5O4S. The Morgan fingerprint density at radius 3 is 2.27 bits per heavy atom. The van der Waals surface area contributed by atoms with Gasteiger partial charge >= 0.3 is 5.69 Å². The fraction of sp³-hybridized carbons (Fsp3) is 0.174. The van der Waals surface area contributed by atoms with Gasteiger partial charge in [0.15, 0.2) is 10.9 Å². The Hall–Kier alpha value is -3.92. The molecule has 168 valence electrons. The van der Waals surface area contributed by atoms with Gasteiger partial charge in [0.2, 0.25) is 0 Å². The first-order valence-corrected chi connectivity index (χ1v) is 10.9. The summed E-state index contributed by atoms with van der Waals surface area (Å²) in [5.41, 5.74) is 5.12. The largest absolute Gasteiger partial charge is 0.384 e. The monoisotopic (exact) mass is 463 g/mol. The molecule has 4 rings (SSSR count). The van der Waals surface area contributed by atoms with Crippen molar-refractivity contribution < 1.29 is 4.79 Å². The van der Waals surface area contributed by atoms with Crippen molar-refractivity contribution in [3.05, 3.63) is 91.4 Å². The highest BCUT2D eigenvalue weighted by Crippen LogP contribution is 2.27. The lowest BCUT2D eigenvalue weighted by Gasteiger charge is -2.17. The van der Waals surface area contributed by atoms with Crippen molar-refractivity contribution in [1.29, 1.82) is 0 Å². The Morgan fingerprint density at radius 1 is 0.939 bits per heavy atom. The molecule has 0 saturated carbocycles. The van der Waals surface area contributed by atoms with Crippen LogP contribution in [0.4, 0.5) is 5.82 Å². The second kappa shape index (κ2) is 8.55. The number of anilines is 1. The average Bonchev–Trinajstić information content (AvgIpc) is 2.82. The Labute approximate surface area is 192 Å². The van der Waals surface area contributed by atoms with Crippen molar-refractivity contribution in [2.24, 2.45) is 14.1 Å². The molecule has 0 spiro atoms. The number of hydrogen-bond donors (Lipinski definition) is 1. The Bertz CT molecular complexity index is 1570. The summed E-state index contributed by atoms with van der Waals surface area (Å²) < 4.78 is 3.34. The normalized spacial score (nSPS) is 12.1. The minimum absolute atomic E-state index is 0.201. The molecule has 2 aromatic carbocycles. The molecule has 0 amide bonds. The van der Waals surface area contributed by atoms with E-state index in [2.05, 4.69) is 4.98 Å². The first-order chi connectivity index (χ1) is 15.7. The van der Waals surface area contributed by atoms with Crippen molar-refractivity contribution >= 4 is 34.3 Å². The number of hydrogen-bond acceptors (Lipinski definition) is 7. The summed E-state index contributed by atoms with van der Waals surface area (Å²) in [5, 5.41) is -0.0765. The summed E-state index contributed by atoms with van der Waals surface area (Å²) in [6.07, 6.45) is 0. The van der Waals surface area contributed by atoms with Gasteiger partial charge in [-0.2, -0.15) is 0 Å². The Kier molecular flexibility index (Phi) is 5.77. The van der Waals surface area contributed by atoms with Crippen molar-refractivity contribution in [3.63, 3.8) is 0 Å². The molecule has 0 bridgehead atoms. The molecule has 9 nitrogen and oxygen atoms in total. The number of nitrogen functional groups attached to an aromatic ring is 1. The summed E-state index contributed by atoms with van der Waals surface area (Å²) in [7, 11) is 2.68. The molecule has 4 aromatic rings. The van der Waals surface area contributed by atoms with Crippen LogP contribution in [0.5, 0.6) is 0 Å². The number of ketones is 1. The van der Waals surface area contributed by atoms with Gasteiger partial charge in [-0.05, 0) is 31.2 Å². The van der Waals surface area contributed by atoms with E-state index in [0.717, 1.165) is 20.9 Å². The van der Waals surface area contributed by atoms with Crippen LogP contribution in [-0.4, -0.2) is 29.7 Å². The minimum atomic E-state index is -0.819. The lowest BCUT2D eigenvalue weighted by atomic mass is 10.1. The zero-order chi connectivity index (χ0) is 23.9. The topological polar surface area (TPSA) is 122 Å². The van der Waals surface area contributed by atoms with E-state index in [9.17, 15) is 19.2 Å². The summed E-state index contributed by atoms with van der Waals surface area (Å²) in [5.74, 6) is -0.761. The molecule has 2 aromatic heterocycles. The van der Waals surface area contributed by atoms with E-state index >= 15 is 0 Å². The molecule has 1 unspecified atom stereocenters. The number of nitrogens with zero attached hydrogens (tertiary/aromatic N) is 4. The number of aromatic nitrogens is 4. The molecule has 2 heterocycles. The van der Waals surface area contributed by atoms with Gasteiger partial charge in [-0.1, -0.05) is 42.1 Å². The van der Waals surface area contributed by atoms with E-state index in [-0.39, 0.29) is 16.9 Å².